The van der Waals surface area contributed by atoms with E-state index in [9.17, 15) is 4.79 Å². The molecular formula is C15H26O2. The molecule has 2 fully saturated rings. The van der Waals surface area contributed by atoms with Gasteiger partial charge in [0.2, 0.25) is 0 Å². The second-order valence-electron chi connectivity index (χ2n) is 6.06. The van der Waals surface area contributed by atoms with Crippen LogP contribution in [0.1, 0.15) is 72.1 Å². The molecule has 98 valence electrons. The first kappa shape index (κ1) is 12.9. The summed E-state index contributed by atoms with van der Waals surface area (Å²) in [5, 5.41) is 0. The highest BCUT2D eigenvalue weighted by molar-refractivity contribution is 5.78. The number of carbonyl (C=O) groups is 1. The van der Waals surface area contributed by atoms with Gasteiger partial charge in [0.05, 0.1) is 5.41 Å². The quantitative estimate of drug-likeness (QED) is 0.675. The zero-order chi connectivity index (χ0) is 12.5. The molecule has 17 heavy (non-hydrogen) atoms. The summed E-state index contributed by atoms with van der Waals surface area (Å²) in [6.45, 7) is 6.39. The number of ether oxygens (including phenoxy) is 1. The Morgan fingerprint density at radius 2 is 1.71 bits per heavy atom. The Balaban J connectivity index is 2.05. The molecule has 0 saturated heterocycles. The predicted molar refractivity (Wildman–Crippen MR) is 68.7 cm³/mol. The average molecular weight is 238 g/mol. The minimum atomic E-state index is -0.202. The van der Waals surface area contributed by atoms with Crippen molar-refractivity contribution in [2.24, 2.45) is 11.3 Å². The molecule has 0 aromatic carbocycles. The van der Waals surface area contributed by atoms with Crippen LogP contribution in [0.3, 0.4) is 0 Å². The van der Waals surface area contributed by atoms with Crippen LogP contribution in [0.25, 0.3) is 0 Å². The Kier molecular flexibility index (Phi) is 3.51. The fourth-order valence-corrected chi connectivity index (χ4v) is 3.75. The van der Waals surface area contributed by atoms with Crippen molar-refractivity contribution >= 4 is 5.97 Å². The number of rotatable bonds is 5. The molecule has 2 rings (SSSR count). The third kappa shape index (κ3) is 2.11. The predicted octanol–water partition coefficient (Wildman–Crippen LogP) is 4.08. The first-order valence-electron chi connectivity index (χ1n) is 7.33. The largest absolute Gasteiger partial charge is 0.459 e. The molecule has 2 saturated carbocycles. The summed E-state index contributed by atoms with van der Waals surface area (Å²) in [7, 11) is 0. The van der Waals surface area contributed by atoms with E-state index in [1.807, 2.05) is 0 Å². The third-order valence-electron chi connectivity index (χ3n) is 5.42. The summed E-state index contributed by atoms with van der Waals surface area (Å²) in [6, 6.07) is 0. The Labute approximate surface area is 105 Å². The standard InChI is InChI=1S/C15H26O2/c1-4-15(5-2,6-3)17-13(16)14-9-7-12(11-14)8-10-14/h12H,4-11H2,1-3H3. The summed E-state index contributed by atoms with van der Waals surface area (Å²) in [5.74, 6) is 0.921. The minimum absolute atomic E-state index is 0.0879. The van der Waals surface area contributed by atoms with Crippen LogP contribution in [0.5, 0.6) is 0 Å². The van der Waals surface area contributed by atoms with E-state index in [4.69, 9.17) is 4.74 Å². The van der Waals surface area contributed by atoms with E-state index in [0.717, 1.165) is 44.4 Å². The summed E-state index contributed by atoms with van der Waals surface area (Å²) in [6.07, 6.45) is 8.53. The fourth-order valence-electron chi connectivity index (χ4n) is 3.75. The molecule has 0 unspecified atom stereocenters. The lowest BCUT2D eigenvalue weighted by molar-refractivity contribution is -0.173. The fraction of sp³-hybridized carbons (Fsp3) is 0.933. The Morgan fingerprint density at radius 3 is 2.06 bits per heavy atom. The topological polar surface area (TPSA) is 26.3 Å². The number of carbonyl (C=O) groups excluding carboxylic acids is 1. The van der Waals surface area contributed by atoms with Crippen molar-refractivity contribution in [3.05, 3.63) is 0 Å². The molecule has 2 nitrogen and oxygen atoms in total. The van der Waals surface area contributed by atoms with Gasteiger partial charge in [-0.15, -0.1) is 0 Å². The maximum atomic E-state index is 12.5. The summed E-state index contributed by atoms with van der Waals surface area (Å²) >= 11 is 0. The van der Waals surface area contributed by atoms with Gasteiger partial charge < -0.3 is 4.74 Å². The van der Waals surface area contributed by atoms with Crippen LogP contribution in [0.4, 0.5) is 0 Å². The Morgan fingerprint density at radius 1 is 1.18 bits per heavy atom. The van der Waals surface area contributed by atoms with E-state index in [1.54, 1.807) is 0 Å². The van der Waals surface area contributed by atoms with Gasteiger partial charge >= 0.3 is 5.97 Å². The van der Waals surface area contributed by atoms with Gasteiger partial charge in [0.1, 0.15) is 5.60 Å². The van der Waals surface area contributed by atoms with Gasteiger partial charge in [-0.1, -0.05) is 20.8 Å². The van der Waals surface area contributed by atoms with Crippen molar-refractivity contribution in [1.29, 1.82) is 0 Å². The van der Waals surface area contributed by atoms with E-state index in [-0.39, 0.29) is 17.0 Å². The highest BCUT2D eigenvalue weighted by Crippen LogP contribution is 2.55. The molecule has 0 radical (unpaired) electrons. The maximum Gasteiger partial charge on any atom is 0.312 e. The van der Waals surface area contributed by atoms with Gasteiger partial charge in [0, 0.05) is 0 Å². The van der Waals surface area contributed by atoms with Crippen LogP contribution in [0.2, 0.25) is 0 Å². The molecule has 2 aliphatic carbocycles. The van der Waals surface area contributed by atoms with Gasteiger partial charge in [0.15, 0.2) is 0 Å². The Bertz CT molecular complexity index is 275. The normalized spacial score (nSPS) is 31.8. The maximum absolute atomic E-state index is 12.5. The number of esters is 1. The van der Waals surface area contributed by atoms with Crippen molar-refractivity contribution in [1.82, 2.24) is 0 Å². The first-order chi connectivity index (χ1) is 8.10. The second-order valence-corrected chi connectivity index (χ2v) is 6.06. The van der Waals surface area contributed by atoms with Crippen molar-refractivity contribution in [3.63, 3.8) is 0 Å². The average Bonchev–Trinajstić information content (AvgIpc) is 2.97. The lowest BCUT2D eigenvalue weighted by Crippen LogP contribution is -2.39. The van der Waals surface area contributed by atoms with Gasteiger partial charge in [-0.05, 0) is 57.3 Å². The molecule has 2 aliphatic rings. The van der Waals surface area contributed by atoms with Crippen LogP contribution in [0, 0.1) is 11.3 Å². The molecule has 0 aromatic rings. The van der Waals surface area contributed by atoms with Crippen LogP contribution in [-0.2, 0) is 9.53 Å². The zero-order valence-corrected chi connectivity index (χ0v) is 11.6. The molecule has 2 heteroatoms. The molecule has 0 aliphatic heterocycles. The van der Waals surface area contributed by atoms with Crippen molar-refractivity contribution in [3.8, 4) is 0 Å². The van der Waals surface area contributed by atoms with Crippen LogP contribution in [0.15, 0.2) is 0 Å². The minimum Gasteiger partial charge on any atom is -0.459 e. The van der Waals surface area contributed by atoms with Gasteiger partial charge in [-0.25, -0.2) is 0 Å². The highest BCUT2D eigenvalue weighted by atomic mass is 16.6. The van der Waals surface area contributed by atoms with E-state index in [2.05, 4.69) is 20.8 Å². The molecule has 0 heterocycles. The second kappa shape index (κ2) is 4.62. The smallest absolute Gasteiger partial charge is 0.312 e. The van der Waals surface area contributed by atoms with E-state index in [1.165, 1.54) is 12.8 Å². The number of hydrogen-bond acceptors (Lipinski definition) is 2. The van der Waals surface area contributed by atoms with E-state index >= 15 is 0 Å². The van der Waals surface area contributed by atoms with Crippen LogP contribution < -0.4 is 0 Å². The van der Waals surface area contributed by atoms with E-state index in [0.29, 0.717) is 0 Å². The molecule has 0 amide bonds. The molecule has 2 bridgehead atoms. The molecule has 0 N–H and O–H groups in total. The molecule has 0 aromatic heterocycles. The van der Waals surface area contributed by atoms with Crippen LogP contribution in [-0.4, -0.2) is 11.6 Å². The van der Waals surface area contributed by atoms with Crippen molar-refractivity contribution in [2.75, 3.05) is 0 Å². The van der Waals surface area contributed by atoms with Gasteiger partial charge in [-0.3, -0.25) is 4.79 Å². The SMILES string of the molecule is CCC(CC)(CC)OC(=O)C12CCC(CC1)C2. The van der Waals surface area contributed by atoms with Crippen LogP contribution >= 0.6 is 0 Å². The van der Waals surface area contributed by atoms with E-state index < -0.39 is 0 Å². The highest BCUT2D eigenvalue weighted by Gasteiger charge is 2.52. The Hall–Kier alpha value is -0.530. The third-order valence-corrected chi connectivity index (χ3v) is 5.42. The molecule has 0 atom stereocenters. The number of fused-ring (bicyclic) bond motifs is 2. The van der Waals surface area contributed by atoms with Gasteiger partial charge in [-0.2, -0.15) is 0 Å². The lowest BCUT2D eigenvalue weighted by Gasteiger charge is -2.35. The number of hydrogen-bond donors (Lipinski definition) is 0. The van der Waals surface area contributed by atoms with Crippen molar-refractivity contribution in [2.45, 2.75) is 77.7 Å². The monoisotopic (exact) mass is 238 g/mol. The van der Waals surface area contributed by atoms with Gasteiger partial charge in [0.25, 0.3) is 0 Å². The summed E-state index contributed by atoms with van der Waals surface area (Å²) in [4.78, 5) is 12.5. The lowest BCUT2D eigenvalue weighted by atomic mass is 9.83. The summed E-state index contributed by atoms with van der Waals surface area (Å²) < 4.78 is 5.95. The zero-order valence-electron chi connectivity index (χ0n) is 11.6. The molecular weight excluding hydrogens is 212 g/mol. The molecule has 0 spiro atoms. The van der Waals surface area contributed by atoms with Crippen molar-refractivity contribution < 1.29 is 9.53 Å². The first-order valence-corrected chi connectivity index (χ1v) is 7.33. The summed E-state index contributed by atoms with van der Waals surface area (Å²) in [5.41, 5.74) is -0.290.